The third-order valence-electron chi connectivity index (χ3n) is 1.91. The van der Waals surface area contributed by atoms with Crippen LogP contribution in [0, 0.1) is 0 Å². The standard InChI is InChI=1S/C11H17NO5/c1-8(2)7-9(13)12(5-3-10(14)15)6-4-11(16)17/h7H,3-6H2,1-2H3,(H,14,15)(H,16,17). The van der Waals surface area contributed by atoms with Crippen LogP contribution < -0.4 is 0 Å². The Morgan fingerprint density at radius 1 is 1.00 bits per heavy atom. The Kier molecular flexibility index (Phi) is 6.62. The number of hydrogen-bond donors (Lipinski definition) is 2. The van der Waals surface area contributed by atoms with E-state index in [1.807, 2.05) is 0 Å². The highest BCUT2D eigenvalue weighted by molar-refractivity contribution is 5.88. The fourth-order valence-corrected chi connectivity index (χ4v) is 1.13. The lowest BCUT2D eigenvalue weighted by Gasteiger charge is -2.19. The lowest BCUT2D eigenvalue weighted by Crippen LogP contribution is -2.33. The largest absolute Gasteiger partial charge is 0.481 e. The number of carboxylic acids is 2. The normalized spacial score (nSPS) is 9.53. The van der Waals surface area contributed by atoms with E-state index in [1.165, 1.54) is 11.0 Å². The van der Waals surface area contributed by atoms with E-state index in [0.29, 0.717) is 0 Å². The van der Waals surface area contributed by atoms with E-state index in [-0.39, 0.29) is 31.8 Å². The zero-order chi connectivity index (χ0) is 13.4. The predicted octanol–water partition coefficient (Wildman–Crippen LogP) is 0.731. The molecule has 0 aliphatic carbocycles. The number of nitrogens with zero attached hydrogens (tertiary/aromatic N) is 1. The molecule has 0 heterocycles. The third kappa shape index (κ3) is 8.01. The molecule has 6 heteroatoms. The number of carbonyl (C=O) groups excluding carboxylic acids is 1. The fraction of sp³-hybridized carbons (Fsp3) is 0.545. The first kappa shape index (κ1) is 15.2. The molecule has 17 heavy (non-hydrogen) atoms. The summed E-state index contributed by atoms with van der Waals surface area (Å²) < 4.78 is 0. The second-order valence-electron chi connectivity index (χ2n) is 3.83. The molecule has 0 aromatic heterocycles. The first-order chi connectivity index (χ1) is 7.82. The highest BCUT2D eigenvalue weighted by Crippen LogP contribution is 2.00. The summed E-state index contributed by atoms with van der Waals surface area (Å²) in [7, 11) is 0. The summed E-state index contributed by atoms with van der Waals surface area (Å²) in [5, 5.41) is 17.1. The maximum atomic E-state index is 11.6. The molecule has 0 saturated heterocycles. The van der Waals surface area contributed by atoms with E-state index in [2.05, 4.69) is 0 Å². The van der Waals surface area contributed by atoms with Crippen molar-refractivity contribution in [1.82, 2.24) is 4.90 Å². The van der Waals surface area contributed by atoms with Gasteiger partial charge in [-0.2, -0.15) is 0 Å². The van der Waals surface area contributed by atoms with Crippen LogP contribution in [0.1, 0.15) is 26.7 Å². The predicted molar refractivity (Wildman–Crippen MR) is 60.5 cm³/mol. The molecule has 0 radical (unpaired) electrons. The summed E-state index contributed by atoms with van der Waals surface area (Å²) in [4.78, 5) is 33.7. The molecule has 0 saturated carbocycles. The van der Waals surface area contributed by atoms with Crippen LogP contribution in [-0.4, -0.2) is 46.0 Å². The minimum absolute atomic E-state index is 0.0191. The molecule has 0 atom stereocenters. The molecule has 2 N–H and O–H groups in total. The summed E-state index contributed by atoms with van der Waals surface area (Å²) in [6, 6.07) is 0. The van der Waals surface area contributed by atoms with Crippen molar-refractivity contribution >= 4 is 17.8 Å². The van der Waals surface area contributed by atoms with Crippen molar-refractivity contribution in [2.75, 3.05) is 13.1 Å². The van der Waals surface area contributed by atoms with Gasteiger partial charge in [-0.05, 0) is 13.8 Å². The van der Waals surface area contributed by atoms with Crippen LogP contribution in [0.3, 0.4) is 0 Å². The number of allylic oxidation sites excluding steroid dienone is 1. The topological polar surface area (TPSA) is 94.9 Å². The van der Waals surface area contributed by atoms with Gasteiger partial charge in [-0.1, -0.05) is 5.57 Å². The van der Waals surface area contributed by atoms with Gasteiger partial charge in [0.25, 0.3) is 0 Å². The van der Waals surface area contributed by atoms with Crippen molar-refractivity contribution in [3.05, 3.63) is 11.6 Å². The maximum absolute atomic E-state index is 11.6. The van der Waals surface area contributed by atoms with Crippen LogP contribution in [-0.2, 0) is 14.4 Å². The molecule has 96 valence electrons. The lowest BCUT2D eigenvalue weighted by molar-refractivity contribution is -0.138. The van der Waals surface area contributed by atoms with Gasteiger partial charge in [0.05, 0.1) is 12.8 Å². The van der Waals surface area contributed by atoms with Crippen molar-refractivity contribution in [2.45, 2.75) is 26.7 Å². The second-order valence-corrected chi connectivity index (χ2v) is 3.83. The van der Waals surface area contributed by atoms with Crippen LogP contribution in [0.15, 0.2) is 11.6 Å². The van der Waals surface area contributed by atoms with Gasteiger partial charge < -0.3 is 15.1 Å². The highest BCUT2D eigenvalue weighted by Gasteiger charge is 2.13. The summed E-state index contributed by atoms with van der Waals surface area (Å²) in [6.45, 7) is 3.52. The molecular weight excluding hydrogens is 226 g/mol. The van der Waals surface area contributed by atoms with Crippen LogP contribution in [0.4, 0.5) is 0 Å². The summed E-state index contributed by atoms with van der Waals surface area (Å²) in [5.41, 5.74) is 0.783. The monoisotopic (exact) mass is 243 g/mol. The van der Waals surface area contributed by atoms with Gasteiger partial charge in [0, 0.05) is 19.2 Å². The first-order valence-corrected chi connectivity index (χ1v) is 5.20. The zero-order valence-corrected chi connectivity index (χ0v) is 9.97. The van der Waals surface area contributed by atoms with E-state index in [1.54, 1.807) is 13.8 Å². The molecule has 6 nitrogen and oxygen atoms in total. The van der Waals surface area contributed by atoms with Crippen LogP contribution in [0.2, 0.25) is 0 Å². The minimum Gasteiger partial charge on any atom is -0.481 e. The van der Waals surface area contributed by atoms with Gasteiger partial charge in [0.15, 0.2) is 0 Å². The molecule has 0 aromatic carbocycles. The molecule has 0 spiro atoms. The van der Waals surface area contributed by atoms with Gasteiger partial charge in [-0.3, -0.25) is 14.4 Å². The van der Waals surface area contributed by atoms with E-state index >= 15 is 0 Å². The number of amides is 1. The van der Waals surface area contributed by atoms with Gasteiger partial charge >= 0.3 is 11.9 Å². The van der Waals surface area contributed by atoms with Crippen LogP contribution >= 0.6 is 0 Å². The maximum Gasteiger partial charge on any atom is 0.305 e. The van der Waals surface area contributed by atoms with Gasteiger partial charge in [0.2, 0.25) is 5.91 Å². The lowest BCUT2D eigenvalue weighted by atomic mass is 10.2. The van der Waals surface area contributed by atoms with Crippen LogP contribution in [0.5, 0.6) is 0 Å². The number of carboxylic acid groups (broad SMARTS) is 2. The minimum atomic E-state index is -1.02. The SMILES string of the molecule is CC(C)=CC(=O)N(CCC(=O)O)CCC(=O)O. The van der Waals surface area contributed by atoms with Crippen molar-refractivity contribution in [2.24, 2.45) is 0 Å². The Labute approximate surface area is 99.5 Å². The Balaban J connectivity index is 4.48. The third-order valence-corrected chi connectivity index (χ3v) is 1.91. The van der Waals surface area contributed by atoms with Crippen molar-refractivity contribution < 1.29 is 24.6 Å². The van der Waals surface area contributed by atoms with Crippen molar-refractivity contribution in [3.63, 3.8) is 0 Å². The fourth-order valence-electron chi connectivity index (χ4n) is 1.13. The molecule has 0 fully saturated rings. The molecule has 0 unspecified atom stereocenters. The molecule has 1 amide bonds. The highest BCUT2D eigenvalue weighted by atomic mass is 16.4. The first-order valence-electron chi connectivity index (χ1n) is 5.20. The van der Waals surface area contributed by atoms with Crippen molar-refractivity contribution in [3.8, 4) is 0 Å². The van der Waals surface area contributed by atoms with E-state index < -0.39 is 11.9 Å². The average molecular weight is 243 g/mol. The van der Waals surface area contributed by atoms with E-state index in [4.69, 9.17) is 10.2 Å². The Hall–Kier alpha value is -1.85. The Bertz CT molecular complexity index is 313. The average Bonchev–Trinajstić information content (AvgIpc) is 2.15. The molecule has 0 aliphatic heterocycles. The molecule has 0 bridgehead atoms. The Morgan fingerprint density at radius 2 is 1.41 bits per heavy atom. The summed E-state index contributed by atoms with van der Waals surface area (Å²) in [6.07, 6.45) is 0.980. The van der Waals surface area contributed by atoms with Gasteiger partial charge in [-0.15, -0.1) is 0 Å². The van der Waals surface area contributed by atoms with Gasteiger partial charge in [-0.25, -0.2) is 0 Å². The number of aliphatic carboxylic acids is 2. The van der Waals surface area contributed by atoms with E-state index in [0.717, 1.165) is 5.57 Å². The number of carbonyl (C=O) groups is 3. The summed E-state index contributed by atoms with van der Waals surface area (Å²) in [5.74, 6) is -2.39. The summed E-state index contributed by atoms with van der Waals surface area (Å²) >= 11 is 0. The molecule has 0 aliphatic rings. The number of rotatable bonds is 7. The Morgan fingerprint density at radius 3 is 1.71 bits per heavy atom. The number of hydrogen-bond acceptors (Lipinski definition) is 3. The smallest absolute Gasteiger partial charge is 0.305 e. The van der Waals surface area contributed by atoms with Gasteiger partial charge in [0.1, 0.15) is 0 Å². The van der Waals surface area contributed by atoms with Crippen molar-refractivity contribution in [1.29, 1.82) is 0 Å². The molecular formula is C11H17NO5. The molecule has 0 aromatic rings. The zero-order valence-electron chi connectivity index (χ0n) is 9.97. The second kappa shape index (κ2) is 7.43. The van der Waals surface area contributed by atoms with E-state index in [9.17, 15) is 14.4 Å². The quantitative estimate of drug-likeness (QED) is 0.643. The van der Waals surface area contributed by atoms with Crippen LogP contribution in [0.25, 0.3) is 0 Å². The molecule has 0 rings (SSSR count).